The molecule has 112 valence electrons. The van der Waals surface area contributed by atoms with Crippen LogP contribution in [-0.4, -0.2) is 0 Å². The van der Waals surface area contributed by atoms with Crippen molar-refractivity contribution < 1.29 is 0 Å². The Labute approximate surface area is 142 Å². The summed E-state index contributed by atoms with van der Waals surface area (Å²) in [5, 5.41) is 0.761. The highest BCUT2D eigenvalue weighted by molar-refractivity contribution is 6.30. The van der Waals surface area contributed by atoms with E-state index in [0.29, 0.717) is 0 Å². The van der Waals surface area contributed by atoms with Gasteiger partial charge in [0.1, 0.15) is 0 Å². The van der Waals surface area contributed by atoms with Gasteiger partial charge in [0, 0.05) is 5.02 Å². The van der Waals surface area contributed by atoms with Crippen LogP contribution in [0.2, 0.25) is 5.02 Å². The molecule has 0 nitrogen and oxygen atoms in total. The summed E-state index contributed by atoms with van der Waals surface area (Å²) in [6.45, 7) is 0. The molecule has 0 atom stereocenters. The maximum atomic E-state index is 5.89. The minimum absolute atomic E-state index is 0.761. The van der Waals surface area contributed by atoms with Crippen LogP contribution in [-0.2, 0) is 0 Å². The maximum Gasteiger partial charge on any atom is 0.0406 e. The fraction of sp³-hybridized carbons (Fsp3) is 0. The van der Waals surface area contributed by atoms with Crippen LogP contribution >= 0.6 is 11.6 Å². The molecule has 0 saturated carbocycles. The zero-order valence-corrected chi connectivity index (χ0v) is 13.4. The molecule has 0 fully saturated rings. The van der Waals surface area contributed by atoms with Crippen LogP contribution in [0, 0.1) is 0 Å². The van der Waals surface area contributed by atoms with Gasteiger partial charge >= 0.3 is 0 Å². The Balaban J connectivity index is 1.67. The van der Waals surface area contributed by atoms with Crippen molar-refractivity contribution in [3.8, 4) is 0 Å². The van der Waals surface area contributed by atoms with Crippen LogP contribution in [0.25, 0.3) is 24.3 Å². The standard InChI is InChI=1S/C22H17Cl/c23-22-16-14-21(15-17-22)13-12-20-10-8-19(9-11-20)7-6-18-4-2-1-3-5-18/h1-17H/b7-6+,13-12+. The number of rotatable bonds is 4. The second kappa shape index (κ2) is 7.62. The van der Waals surface area contributed by atoms with Gasteiger partial charge in [-0.25, -0.2) is 0 Å². The van der Waals surface area contributed by atoms with Crippen molar-refractivity contribution in [2.24, 2.45) is 0 Å². The van der Waals surface area contributed by atoms with E-state index in [4.69, 9.17) is 11.6 Å². The molecule has 0 aliphatic heterocycles. The van der Waals surface area contributed by atoms with Gasteiger partial charge in [-0.05, 0) is 34.4 Å². The number of hydrogen-bond donors (Lipinski definition) is 0. The molecule has 0 spiro atoms. The Kier molecular flexibility index (Phi) is 5.08. The molecule has 3 aromatic rings. The molecule has 1 heteroatoms. The summed E-state index contributed by atoms with van der Waals surface area (Å²) in [6.07, 6.45) is 8.44. The molecule has 0 aromatic heterocycles. The topological polar surface area (TPSA) is 0 Å². The summed E-state index contributed by atoms with van der Waals surface area (Å²) in [7, 11) is 0. The highest BCUT2D eigenvalue weighted by Crippen LogP contribution is 2.14. The van der Waals surface area contributed by atoms with Crippen molar-refractivity contribution in [1.29, 1.82) is 0 Å². The molecule has 23 heavy (non-hydrogen) atoms. The lowest BCUT2D eigenvalue weighted by molar-refractivity contribution is 1.61. The Morgan fingerprint density at radius 3 is 1.22 bits per heavy atom. The van der Waals surface area contributed by atoms with E-state index >= 15 is 0 Å². The highest BCUT2D eigenvalue weighted by atomic mass is 35.5. The Morgan fingerprint density at radius 1 is 0.435 bits per heavy atom. The van der Waals surface area contributed by atoms with E-state index < -0.39 is 0 Å². The number of halogens is 1. The van der Waals surface area contributed by atoms with Crippen molar-refractivity contribution >= 4 is 35.9 Å². The van der Waals surface area contributed by atoms with Gasteiger partial charge in [-0.3, -0.25) is 0 Å². The molecule has 0 radical (unpaired) electrons. The second-order valence-electron chi connectivity index (χ2n) is 5.30. The van der Waals surface area contributed by atoms with Gasteiger partial charge in [0.2, 0.25) is 0 Å². The van der Waals surface area contributed by atoms with Crippen molar-refractivity contribution in [2.45, 2.75) is 0 Å². The van der Waals surface area contributed by atoms with E-state index in [1.165, 1.54) is 16.7 Å². The molecule has 0 N–H and O–H groups in total. The van der Waals surface area contributed by atoms with Crippen LogP contribution in [0.5, 0.6) is 0 Å². The normalized spacial score (nSPS) is 11.3. The predicted octanol–water partition coefficient (Wildman–Crippen LogP) is 6.68. The van der Waals surface area contributed by atoms with Gasteiger partial charge in [-0.2, -0.15) is 0 Å². The van der Waals surface area contributed by atoms with Gasteiger partial charge in [-0.1, -0.05) is 103 Å². The molecule has 0 amide bonds. The minimum atomic E-state index is 0.761. The van der Waals surface area contributed by atoms with Crippen LogP contribution in [0.1, 0.15) is 22.3 Å². The first-order chi connectivity index (χ1) is 11.3. The molecule has 3 rings (SSSR count). The maximum absolute atomic E-state index is 5.89. The van der Waals surface area contributed by atoms with E-state index in [1.807, 2.05) is 42.5 Å². The lowest BCUT2D eigenvalue weighted by Crippen LogP contribution is -1.76. The van der Waals surface area contributed by atoms with Gasteiger partial charge in [0.15, 0.2) is 0 Å². The zero-order chi connectivity index (χ0) is 15.9. The summed E-state index contributed by atoms with van der Waals surface area (Å²) < 4.78 is 0. The van der Waals surface area contributed by atoms with Gasteiger partial charge in [0.05, 0.1) is 0 Å². The van der Waals surface area contributed by atoms with Gasteiger partial charge < -0.3 is 0 Å². The summed E-state index contributed by atoms with van der Waals surface area (Å²) in [5.74, 6) is 0. The first-order valence-electron chi connectivity index (χ1n) is 7.56. The molecule has 0 saturated heterocycles. The van der Waals surface area contributed by atoms with Crippen LogP contribution in [0.4, 0.5) is 0 Å². The minimum Gasteiger partial charge on any atom is -0.0843 e. The summed E-state index contributed by atoms with van der Waals surface area (Å²) >= 11 is 5.89. The van der Waals surface area contributed by atoms with E-state index in [2.05, 4.69) is 60.7 Å². The molecular formula is C22H17Cl. The van der Waals surface area contributed by atoms with E-state index in [-0.39, 0.29) is 0 Å². The van der Waals surface area contributed by atoms with Crippen molar-refractivity contribution in [2.75, 3.05) is 0 Å². The lowest BCUT2D eigenvalue weighted by Gasteiger charge is -1.98. The molecule has 0 heterocycles. The Hall–Kier alpha value is -2.57. The first-order valence-corrected chi connectivity index (χ1v) is 7.94. The third-order valence-corrected chi connectivity index (χ3v) is 3.79. The lowest BCUT2D eigenvalue weighted by atomic mass is 10.1. The molecule has 0 aliphatic rings. The fourth-order valence-electron chi connectivity index (χ4n) is 2.24. The largest absolute Gasteiger partial charge is 0.0843 e. The summed E-state index contributed by atoms with van der Waals surface area (Å²) in [5.41, 5.74) is 4.72. The van der Waals surface area contributed by atoms with Crippen molar-refractivity contribution in [1.82, 2.24) is 0 Å². The summed E-state index contributed by atoms with van der Waals surface area (Å²) in [4.78, 5) is 0. The molecule has 3 aromatic carbocycles. The van der Waals surface area contributed by atoms with E-state index in [0.717, 1.165) is 10.6 Å². The first kappa shape index (κ1) is 15.3. The highest BCUT2D eigenvalue weighted by Gasteiger charge is 1.91. The number of benzene rings is 3. The van der Waals surface area contributed by atoms with Gasteiger partial charge in [0.25, 0.3) is 0 Å². The predicted molar refractivity (Wildman–Crippen MR) is 102 cm³/mol. The average molecular weight is 317 g/mol. The Morgan fingerprint density at radius 2 is 0.783 bits per heavy atom. The van der Waals surface area contributed by atoms with Crippen LogP contribution < -0.4 is 0 Å². The third-order valence-electron chi connectivity index (χ3n) is 3.54. The third kappa shape index (κ3) is 4.70. The van der Waals surface area contributed by atoms with E-state index in [9.17, 15) is 0 Å². The van der Waals surface area contributed by atoms with Crippen molar-refractivity contribution in [3.05, 3.63) is 106 Å². The zero-order valence-electron chi connectivity index (χ0n) is 12.7. The molecular weight excluding hydrogens is 300 g/mol. The fourth-order valence-corrected chi connectivity index (χ4v) is 2.37. The quantitative estimate of drug-likeness (QED) is 0.471. The average Bonchev–Trinajstić information content (AvgIpc) is 2.61. The molecule has 0 bridgehead atoms. The molecule has 0 unspecified atom stereocenters. The Bertz CT molecular complexity index is 795. The van der Waals surface area contributed by atoms with Crippen molar-refractivity contribution in [3.63, 3.8) is 0 Å². The van der Waals surface area contributed by atoms with Crippen LogP contribution in [0.15, 0.2) is 78.9 Å². The number of hydrogen-bond acceptors (Lipinski definition) is 0. The molecule has 0 aliphatic carbocycles. The summed E-state index contributed by atoms with van der Waals surface area (Å²) in [6, 6.07) is 26.6. The van der Waals surface area contributed by atoms with Crippen LogP contribution in [0.3, 0.4) is 0 Å². The smallest absolute Gasteiger partial charge is 0.0406 e. The second-order valence-corrected chi connectivity index (χ2v) is 5.73. The van der Waals surface area contributed by atoms with E-state index in [1.54, 1.807) is 0 Å². The van der Waals surface area contributed by atoms with Gasteiger partial charge in [-0.15, -0.1) is 0 Å². The monoisotopic (exact) mass is 316 g/mol. The SMILES string of the molecule is Clc1ccc(/C=C/c2ccc(/C=C/c3ccccc3)cc2)cc1.